The summed E-state index contributed by atoms with van der Waals surface area (Å²) in [5, 5.41) is 11.2. The van der Waals surface area contributed by atoms with Crippen LogP contribution >= 0.6 is 0 Å². The molecule has 0 aliphatic rings. The van der Waals surface area contributed by atoms with Gasteiger partial charge >= 0.3 is 0 Å². The van der Waals surface area contributed by atoms with E-state index in [1.807, 2.05) is 19.9 Å². The fourth-order valence-corrected chi connectivity index (χ4v) is 2.16. The third kappa shape index (κ3) is 3.41. The van der Waals surface area contributed by atoms with E-state index in [4.69, 9.17) is 0 Å². The van der Waals surface area contributed by atoms with Crippen molar-refractivity contribution < 1.29 is 9.59 Å². The van der Waals surface area contributed by atoms with Crippen LogP contribution in [0.4, 0.5) is 5.69 Å². The summed E-state index contributed by atoms with van der Waals surface area (Å²) in [6.45, 7) is 6.04. The molecule has 2 rings (SSSR count). The summed E-state index contributed by atoms with van der Waals surface area (Å²) >= 11 is 0. The number of hydrogen-bond acceptors (Lipinski definition) is 4. The van der Waals surface area contributed by atoms with Crippen molar-refractivity contribution in [2.75, 3.05) is 19.4 Å². The van der Waals surface area contributed by atoms with Crippen LogP contribution in [0.2, 0.25) is 0 Å². The van der Waals surface area contributed by atoms with E-state index in [1.165, 1.54) is 11.1 Å². The number of carbonyl (C=O) groups is 2. The Morgan fingerprint density at radius 3 is 2.61 bits per heavy atom. The van der Waals surface area contributed by atoms with Crippen molar-refractivity contribution in [1.82, 2.24) is 24.5 Å². The molecule has 0 radical (unpaired) electrons. The number of amides is 2. The van der Waals surface area contributed by atoms with Gasteiger partial charge in [0.2, 0.25) is 5.91 Å². The van der Waals surface area contributed by atoms with Crippen LogP contribution in [0.15, 0.2) is 18.5 Å². The van der Waals surface area contributed by atoms with Crippen LogP contribution in [0.25, 0.3) is 0 Å². The van der Waals surface area contributed by atoms with E-state index in [2.05, 4.69) is 15.5 Å². The Bertz CT molecular complexity index is 715. The largest absolute Gasteiger partial charge is 0.343 e. The van der Waals surface area contributed by atoms with E-state index < -0.39 is 6.04 Å². The molecule has 2 aromatic heterocycles. The van der Waals surface area contributed by atoms with Gasteiger partial charge in [0.1, 0.15) is 11.7 Å². The van der Waals surface area contributed by atoms with Gasteiger partial charge in [-0.15, -0.1) is 0 Å². The van der Waals surface area contributed by atoms with Crippen molar-refractivity contribution in [3.63, 3.8) is 0 Å². The Kier molecular flexibility index (Phi) is 4.83. The van der Waals surface area contributed by atoms with Crippen LogP contribution in [-0.2, 0) is 11.3 Å². The fraction of sp³-hybridized carbons (Fsp3) is 0.467. The summed E-state index contributed by atoms with van der Waals surface area (Å²) < 4.78 is 3.16. The molecule has 0 fully saturated rings. The van der Waals surface area contributed by atoms with Gasteiger partial charge in [0.05, 0.1) is 17.6 Å². The molecule has 1 atom stereocenters. The second kappa shape index (κ2) is 6.64. The van der Waals surface area contributed by atoms with E-state index in [-0.39, 0.29) is 11.8 Å². The van der Waals surface area contributed by atoms with E-state index in [9.17, 15) is 9.59 Å². The first kappa shape index (κ1) is 16.7. The second-order valence-electron chi connectivity index (χ2n) is 5.52. The van der Waals surface area contributed by atoms with Crippen LogP contribution in [0.3, 0.4) is 0 Å². The zero-order chi connectivity index (χ0) is 17.1. The summed E-state index contributed by atoms with van der Waals surface area (Å²) in [4.78, 5) is 26.2. The van der Waals surface area contributed by atoms with Gasteiger partial charge in [-0.1, -0.05) is 0 Å². The SMILES string of the molecule is CCn1ncc(NC(=O)C(C)n2ccc(C)n2)c1C(=O)N(C)C. The van der Waals surface area contributed by atoms with Crippen LogP contribution in [0, 0.1) is 6.92 Å². The normalized spacial score (nSPS) is 12.0. The third-order valence-electron chi connectivity index (χ3n) is 3.52. The van der Waals surface area contributed by atoms with Crippen molar-refractivity contribution in [3.05, 3.63) is 29.8 Å². The third-order valence-corrected chi connectivity index (χ3v) is 3.52. The molecule has 8 nitrogen and oxygen atoms in total. The van der Waals surface area contributed by atoms with Gasteiger partial charge in [0.15, 0.2) is 0 Å². The number of nitrogens with one attached hydrogen (secondary N) is 1. The number of hydrogen-bond donors (Lipinski definition) is 1. The minimum Gasteiger partial charge on any atom is -0.343 e. The van der Waals surface area contributed by atoms with E-state index in [0.717, 1.165) is 5.69 Å². The predicted octanol–water partition coefficient (Wildman–Crippen LogP) is 1.31. The summed E-state index contributed by atoms with van der Waals surface area (Å²) in [6.07, 6.45) is 3.25. The van der Waals surface area contributed by atoms with Crippen LogP contribution in [0.1, 0.15) is 36.1 Å². The number of aromatic nitrogens is 4. The van der Waals surface area contributed by atoms with Gasteiger partial charge in [0.25, 0.3) is 5.91 Å². The average Bonchev–Trinajstić information content (AvgIpc) is 3.11. The molecule has 1 unspecified atom stereocenters. The molecule has 2 amide bonds. The van der Waals surface area contributed by atoms with E-state index >= 15 is 0 Å². The maximum absolute atomic E-state index is 12.4. The van der Waals surface area contributed by atoms with Crippen molar-refractivity contribution in [1.29, 1.82) is 0 Å². The first-order valence-electron chi connectivity index (χ1n) is 7.45. The van der Waals surface area contributed by atoms with Crippen molar-refractivity contribution in [3.8, 4) is 0 Å². The second-order valence-corrected chi connectivity index (χ2v) is 5.52. The molecule has 0 saturated heterocycles. The smallest absolute Gasteiger partial charge is 0.273 e. The summed E-state index contributed by atoms with van der Waals surface area (Å²) in [5.41, 5.74) is 1.62. The summed E-state index contributed by atoms with van der Waals surface area (Å²) in [6, 6.07) is 1.34. The molecule has 0 aliphatic carbocycles. The monoisotopic (exact) mass is 318 g/mol. The number of rotatable bonds is 5. The Balaban J connectivity index is 2.24. The molecule has 8 heteroatoms. The average molecular weight is 318 g/mol. The Hall–Kier alpha value is -2.64. The van der Waals surface area contributed by atoms with Crippen LogP contribution in [0.5, 0.6) is 0 Å². The minimum absolute atomic E-state index is 0.206. The van der Waals surface area contributed by atoms with Crippen molar-refractivity contribution >= 4 is 17.5 Å². The highest BCUT2D eigenvalue weighted by atomic mass is 16.2. The zero-order valence-corrected chi connectivity index (χ0v) is 14.1. The maximum atomic E-state index is 12.4. The lowest BCUT2D eigenvalue weighted by atomic mass is 10.2. The number of carbonyl (C=O) groups excluding carboxylic acids is 2. The molecule has 0 bridgehead atoms. The molecule has 23 heavy (non-hydrogen) atoms. The quantitative estimate of drug-likeness (QED) is 0.900. The molecule has 0 spiro atoms. The molecule has 0 aliphatic heterocycles. The van der Waals surface area contributed by atoms with Gasteiger partial charge in [-0.3, -0.25) is 19.0 Å². The summed E-state index contributed by atoms with van der Waals surface area (Å²) in [7, 11) is 3.33. The summed E-state index contributed by atoms with van der Waals surface area (Å²) in [5.74, 6) is -0.459. The molecular formula is C15H22N6O2. The van der Waals surface area contributed by atoms with Gasteiger partial charge in [-0.25, -0.2) is 0 Å². The molecule has 0 saturated carbocycles. The van der Waals surface area contributed by atoms with Crippen LogP contribution < -0.4 is 5.32 Å². The number of anilines is 1. The molecule has 2 aromatic rings. The topological polar surface area (TPSA) is 85.0 Å². The Morgan fingerprint density at radius 2 is 2.09 bits per heavy atom. The van der Waals surface area contributed by atoms with E-state index in [1.54, 1.807) is 36.6 Å². The molecular weight excluding hydrogens is 296 g/mol. The predicted molar refractivity (Wildman–Crippen MR) is 86.2 cm³/mol. The highest BCUT2D eigenvalue weighted by Crippen LogP contribution is 2.18. The first-order chi connectivity index (χ1) is 10.8. The fourth-order valence-electron chi connectivity index (χ4n) is 2.16. The van der Waals surface area contributed by atoms with Gasteiger partial charge in [0, 0.05) is 26.8 Å². The zero-order valence-electron chi connectivity index (χ0n) is 14.1. The molecule has 1 N–H and O–H groups in total. The standard InChI is InChI=1S/C15H22N6O2/c1-6-20-13(15(23)19(4)5)12(9-16-20)17-14(22)11(3)21-8-7-10(2)18-21/h7-9,11H,6H2,1-5H3,(H,17,22). The van der Waals surface area contributed by atoms with Crippen LogP contribution in [-0.4, -0.2) is 50.4 Å². The molecule has 0 aromatic carbocycles. The lowest BCUT2D eigenvalue weighted by Gasteiger charge is -2.15. The van der Waals surface area contributed by atoms with Gasteiger partial charge in [-0.2, -0.15) is 10.2 Å². The molecule has 2 heterocycles. The highest BCUT2D eigenvalue weighted by Gasteiger charge is 2.23. The maximum Gasteiger partial charge on any atom is 0.273 e. The van der Waals surface area contributed by atoms with Gasteiger partial charge < -0.3 is 10.2 Å². The Labute approximate surface area is 135 Å². The Morgan fingerprint density at radius 1 is 1.39 bits per heavy atom. The molecule has 124 valence electrons. The number of nitrogens with zero attached hydrogens (tertiary/aromatic N) is 5. The first-order valence-corrected chi connectivity index (χ1v) is 7.45. The lowest BCUT2D eigenvalue weighted by molar-refractivity contribution is -0.119. The van der Waals surface area contributed by atoms with Crippen molar-refractivity contribution in [2.24, 2.45) is 0 Å². The van der Waals surface area contributed by atoms with Crippen molar-refractivity contribution in [2.45, 2.75) is 33.4 Å². The van der Waals surface area contributed by atoms with Gasteiger partial charge in [-0.05, 0) is 26.8 Å². The van der Waals surface area contributed by atoms with E-state index in [0.29, 0.717) is 17.9 Å². The number of aryl methyl sites for hydroxylation is 2. The lowest BCUT2D eigenvalue weighted by Crippen LogP contribution is -2.28. The highest BCUT2D eigenvalue weighted by molar-refractivity contribution is 6.03. The minimum atomic E-state index is -0.490.